The van der Waals surface area contributed by atoms with Crippen LogP contribution in [0.5, 0.6) is 0 Å². The Morgan fingerprint density at radius 3 is 2.60 bits per heavy atom. The maximum atomic E-state index is 12.6. The minimum Gasteiger partial charge on any atom is -0.394 e. The summed E-state index contributed by atoms with van der Waals surface area (Å²) in [7, 11) is -1.08. The molecule has 0 spiro atoms. The summed E-state index contributed by atoms with van der Waals surface area (Å²) in [4.78, 5) is 21.2. The van der Waals surface area contributed by atoms with Gasteiger partial charge in [0.15, 0.2) is 0 Å². The zero-order valence-electron chi connectivity index (χ0n) is 16.7. The summed E-state index contributed by atoms with van der Waals surface area (Å²) in [5, 5.41) is 13.9. The van der Waals surface area contributed by atoms with E-state index in [-0.39, 0.29) is 12.1 Å². The van der Waals surface area contributed by atoms with Crippen molar-refractivity contribution < 1.29 is 9.32 Å². The summed E-state index contributed by atoms with van der Waals surface area (Å²) in [5.74, 6) is 3.04. The summed E-state index contributed by atoms with van der Waals surface area (Å²) in [6, 6.07) is 0. The van der Waals surface area contributed by atoms with Crippen LogP contribution in [0.15, 0.2) is 17.3 Å². The van der Waals surface area contributed by atoms with Crippen LogP contribution in [0.25, 0.3) is 0 Å². The molecule has 160 valence electrons. The molecule has 2 fully saturated rings. The second-order valence-corrected chi connectivity index (χ2v) is 10.3. The van der Waals surface area contributed by atoms with Crippen LogP contribution in [0.3, 0.4) is 0 Å². The molecule has 8 nitrogen and oxygen atoms in total. The molecule has 1 saturated carbocycles. The number of aliphatic hydroxyl groups excluding tert-OH is 1. The van der Waals surface area contributed by atoms with Gasteiger partial charge in [-0.2, -0.15) is 4.98 Å². The monoisotopic (exact) mass is 448 g/mol. The molecule has 1 aliphatic carbocycles. The van der Waals surface area contributed by atoms with Crippen LogP contribution in [-0.4, -0.2) is 60.2 Å². The summed E-state index contributed by atoms with van der Waals surface area (Å²) in [5.41, 5.74) is 0.530. The van der Waals surface area contributed by atoms with Crippen molar-refractivity contribution in [1.82, 2.24) is 19.9 Å². The van der Waals surface area contributed by atoms with E-state index in [1.807, 2.05) is 0 Å². The number of hydrogen-bond acceptors (Lipinski definition) is 8. The molecule has 2 N–H and O–H groups in total. The maximum absolute atomic E-state index is 12.6. The zero-order valence-corrected chi connectivity index (χ0v) is 18.3. The molecule has 0 aromatic carbocycles. The number of aryl methyl sites for hydroxylation is 1. The van der Waals surface area contributed by atoms with E-state index in [2.05, 4.69) is 20.2 Å². The Balaban J connectivity index is 1.37. The van der Waals surface area contributed by atoms with Crippen molar-refractivity contribution in [3.63, 3.8) is 0 Å². The second kappa shape index (κ2) is 8.01. The number of piperidine rings is 1. The Morgan fingerprint density at radius 1 is 1.23 bits per heavy atom. The maximum Gasteiger partial charge on any atom is 0.227 e. The standard InChI is InChI=1S/C20H25ClN6O2S/c21-14-10-22-17(23-11-14)13-2-7-27(8-3-13)19-24-15-4-9-30(29)16(15)18(25-19)26-20(12-28)5-1-6-20/h10-11,13,28H,1-9,12H2,(H,24,25,26)/t30-/m0/s1. The van der Waals surface area contributed by atoms with Gasteiger partial charge in [0.2, 0.25) is 5.95 Å². The first-order valence-corrected chi connectivity index (χ1v) is 12.2. The van der Waals surface area contributed by atoms with Crippen molar-refractivity contribution in [2.24, 2.45) is 0 Å². The molecule has 10 heteroatoms. The van der Waals surface area contributed by atoms with Crippen molar-refractivity contribution in [2.75, 3.05) is 35.7 Å². The number of aromatic nitrogens is 4. The third kappa shape index (κ3) is 3.67. The predicted molar refractivity (Wildman–Crippen MR) is 116 cm³/mol. The zero-order chi connectivity index (χ0) is 20.7. The lowest BCUT2D eigenvalue weighted by Gasteiger charge is -2.42. The first-order chi connectivity index (χ1) is 14.6. The van der Waals surface area contributed by atoms with Crippen molar-refractivity contribution >= 4 is 34.2 Å². The van der Waals surface area contributed by atoms with E-state index in [4.69, 9.17) is 21.6 Å². The lowest BCUT2D eigenvalue weighted by Crippen LogP contribution is -2.48. The molecular formula is C20H25ClN6O2S. The number of fused-ring (bicyclic) bond motifs is 1. The van der Waals surface area contributed by atoms with Crippen LogP contribution in [0, 0.1) is 0 Å². The van der Waals surface area contributed by atoms with Crippen LogP contribution in [0.2, 0.25) is 5.02 Å². The lowest BCUT2D eigenvalue weighted by atomic mass is 9.77. The van der Waals surface area contributed by atoms with Gasteiger partial charge >= 0.3 is 0 Å². The van der Waals surface area contributed by atoms with Crippen molar-refractivity contribution in [3.8, 4) is 0 Å². The molecule has 0 unspecified atom stereocenters. The number of nitrogens with zero attached hydrogens (tertiary/aromatic N) is 5. The van der Waals surface area contributed by atoms with Crippen LogP contribution < -0.4 is 10.2 Å². The molecule has 2 aliphatic heterocycles. The lowest BCUT2D eigenvalue weighted by molar-refractivity contribution is 0.143. The first kappa shape index (κ1) is 20.1. The average Bonchev–Trinajstić information content (AvgIpc) is 3.12. The van der Waals surface area contributed by atoms with E-state index in [9.17, 15) is 9.32 Å². The van der Waals surface area contributed by atoms with Crippen molar-refractivity contribution in [3.05, 3.63) is 28.9 Å². The smallest absolute Gasteiger partial charge is 0.227 e. The minimum absolute atomic E-state index is 0.0558. The highest BCUT2D eigenvalue weighted by atomic mass is 35.5. The third-order valence-corrected chi connectivity index (χ3v) is 8.11. The van der Waals surface area contributed by atoms with Gasteiger partial charge in [0.1, 0.15) is 16.5 Å². The van der Waals surface area contributed by atoms with Crippen molar-refractivity contribution in [1.29, 1.82) is 0 Å². The molecule has 4 heterocycles. The molecule has 2 aromatic rings. The highest BCUT2D eigenvalue weighted by molar-refractivity contribution is 7.85. The molecule has 5 rings (SSSR count). The summed E-state index contributed by atoms with van der Waals surface area (Å²) >= 11 is 5.90. The van der Waals surface area contributed by atoms with E-state index >= 15 is 0 Å². The highest BCUT2D eigenvalue weighted by Gasteiger charge is 2.39. The summed E-state index contributed by atoms with van der Waals surface area (Å²) in [6.45, 7) is 1.67. The molecule has 30 heavy (non-hydrogen) atoms. The van der Waals surface area contributed by atoms with Crippen LogP contribution in [0.1, 0.15) is 49.5 Å². The third-order valence-electron chi connectivity index (χ3n) is 6.46. The van der Waals surface area contributed by atoms with E-state index in [0.29, 0.717) is 34.9 Å². The Hall–Kier alpha value is -1.84. The molecule has 1 atom stereocenters. The fraction of sp³-hybridized carbons (Fsp3) is 0.600. The van der Waals surface area contributed by atoms with Gasteiger partial charge in [-0.25, -0.2) is 15.0 Å². The molecular weight excluding hydrogens is 424 g/mol. The Kier molecular flexibility index (Phi) is 5.37. The van der Waals surface area contributed by atoms with Gasteiger partial charge in [-0.05, 0) is 32.1 Å². The number of hydrogen-bond donors (Lipinski definition) is 2. The van der Waals surface area contributed by atoms with Crippen LogP contribution in [0.4, 0.5) is 11.8 Å². The number of anilines is 2. The van der Waals surface area contributed by atoms with E-state index in [1.54, 1.807) is 12.4 Å². The topological polar surface area (TPSA) is 104 Å². The Labute approximate surface area is 183 Å². The number of aliphatic hydroxyl groups is 1. The van der Waals surface area contributed by atoms with Gasteiger partial charge in [-0.1, -0.05) is 11.6 Å². The average molecular weight is 449 g/mol. The first-order valence-electron chi connectivity index (χ1n) is 10.5. The van der Waals surface area contributed by atoms with E-state index in [1.165, 1.54) is 0 Å². The number of nitrogens with one attached hydrogen (secondary N) is 1. The minimum atomic E-state index is -1.08. The molecule has 3 aliphatic rings. The quantitative estimate of drug-likeness (QED) is 0.718. The summed E-state index contributed by atoms with van der Waals surface area (Å²) < 4.78 is 12.6. The Morgan fingerprint density at radius 2 is 1.97 bits per heavy atom. The second-order valence-electron chi connectivity index (χ2n) is 8.39. The van der Waals surface area contributed by atoms with Crippen LogP contribution in [-0.2, 0) is 17.2 Å². The van der Waals surface area contributed by atoms with Gasteiger partial charge in [-0.3, -0.25) is 4.21 Å². The molecule has 1 saturated heterocycles. The van der Waals surface area contributed by atoms with Gasteiger partial charge in [-0.15, -0.1) is 0 Å². The highest BCUT2D eigenvalue weighted by Crippen LogP contribution is 2.38. The molecule has 0 amide bonds. The van der Waals surface area contributed by atoms with Crippen LogP contribution >= 0.6 is 11.6 Å². The van der Waals surface area contributed by atoms with Gasteiger partial charge in [0.25, 0.3) is 0 Å². The molecule has 2 aromatic heterocycles. The van der Waals surface area contributed by atoms with E-state index in [0.717, 1.165) is 61.6 Å². The Bertz CT molecular complexity index is 955. The number of halogens is 1. The molecule has 0 bridgehead atoms. The molecule has 0 radical (unpaired) electrons. The largest absolute Gasteiger partial charge is 0.394 e. The van der Waals surface area contributed by atoms with Gasteiger partial charge in [0, 0.05) is 43.6 Å². The van der Waals surface area contributed by atoms with Gasteiger partial charge < -0.3 is 15.3 Å². The van der Waals surface area contributed by atoms with Gasteiger partial charge in [0.05, 0.1) is 33.7 Å². The number of rotatable bonds is 5. The SMILES string of the molecule is O=[S@]1CCc2nc(N3CCC(c4ncc(Cl)cn4)CC3)nc(NC3(CO)CCC3)c21. The summed E-state index contributed by atoms with van der Waals surface area (Å²) in [6.07, 6.45) is 8.71. The van der Waals surface area contributed by atoms with Crippen molar-refractivity contribution in [2.45, 2.75) is 54.9 Å². The van der Waals surface area contributed by atoms with E-state index < -0.39 is 10.8 Å². The fourth-order valence-electron chi connectivity index (χ4n) is 4.46. The fourth-order valence-corrected chi connectivity index (χ4v) is 5.86. The normalized spacial score (nSPS) is 23.1. The predicted octanol–water partition coefficient (Wildman–Crippen LogP) is 2.29.